The lowest BCUT2D eigenvalue weighted by atomic mass is 9.99. The van der Waals surface area contributed by atoms with Crippen LogP contribution in [0.5, 0.6) is 0 Å². The summed E-state index contributed by atoms with van der Waals surface area (Å²) in [4.78, 5) is 28.2. The molecule has 0 aliphatic carbocycles. The average Bonchev–Trinajstić information content (AvgIpc) is 2.99. The zero-order chi connectivity index (χ0) is 17.3. The van der Waals surface area contributed by atoms with Crippen molar-refractivity contribution < 1.29 is 9.59 Å². The molecule has 0 bridgehead atoms. The van der Waals surface area contributed by atoms with Crippen molar-refractivity contribution in [3.05, 3.63) is 34.2 Å². The van der Waals surface area contributed by atoms with Gasteiger partial charge in [0.1, 0.15) is 6.04 Å². The number of hydrogen-bond donors (Lipinski definition) is 2. The number of benzene rings is 1. The van der Waals surface area contributed by atoms with Crippen molar-refractivity contribution in [3.8, 4) is 11.3 Å². The lowest BCUT2D eigenvalue weighted by molar-refractivity contribution is -0.128. The molecule has 1 aliphatic rings. The SMILES string of the molecule is Cc1cc(C)c(-c2csc(NC(=O)[C@@H]3CCCC(=O)N3)n2)cc1C. The number of nitrogens with one attached hydrogen (secondary N) is 2. The maximum absolute atomic E-state index is 12.3. The topological polar surface area (TPSA) is 71.1 Å². The van der Waals surface area contributed by atoms with E-state index in [9.17, 15) is 9.59 Å². The van der Waals surface area contributed by atoms with Crippen LogP contribution in [-0.2, 0) is 9.59 Å². The van der Waals surface area contributed by atoms with Gasteiger partial charge >= 0.3 is 0 Å². The van der Waals surface area contributed by atoms with E-state index in [1.807, 2.05) is 5.38 Å². The normalized spacial score (nSPS) is 17.5. The van der Waals surface area contributed by atoms with Gasteiger partial charge in [-0.3, -0.25) is 9.59 Å². The van der Waals surface area contributed by atoms with Crippen molar-refractivity contribution in [2.45, 2.75) is 46.1 Å². The standard InChI is InChI=1S/C18H21N3O2S/c1-10-7-12(3)13(8-11(10)2)15-9-24-18(20-15)21-17(23)14-5-4-6-16(22)19-14/h7-9,14H,4-6H2,1-3H3,(H,19,22)(H,20,21,23)/t14-/m0/s1. The molecule has 1 atom stereocenters. The second-order valence-corrected chi connectivity index (χ2v) is 7.15. The molecule has 1 aromatic carbocycles. The summed E-state index contributed by atoms with van der Waals surface area (Å²) in [5.74, 6) is -0.257. The number of amides is 2. The molecule has 1 saturated heterocycles. The number of carbonyl (C=O) groups excluding carboxylic acids is 2. The molecule has 2 N–H and O–H groups in total. The average molecular weight is 343 g/mol. The van der Waals surface area contributed by atoms with Crippen LogP contribution >= 0.6 is 11.3 Å². The highest BCUT2D eigenvalue weighted by molar-refractivity contribution is 7.14. The Morgan fingerprint density at radius 1 is 1.25 bits per heavy atom. The minimum Gasteiger partial charge on any atom is -0.344 e. The van der Waals surface area contributed by atoms with Gasteiger partial charge in [0, 0.05) is 17.4 Å². The van der Waals surface area contributed by atoms with Crippen LogP contribution in [0.2, 0.25) is 0 Å². The van der Waals surface area contributed by atoms with Crippen molar-refractivity contribution in [3.63, 3.8) is 0 Å². The van der Waals surface area contributed by atoms with Gasteiger partial charge in [0.15, 0.2) is 5.13 Å². The van der Waals surface area contributed by atoms with Crippen LogP contribution in [0.3, 0.4) is 0 Å². The number of nitrogens with zero attached hydrogens (tertiary/aromatic N) is 1. The van der Waals surface area contributed by atoms with Gasteiger partial charge in [-0.1, -0.05) is 6.07 Å². The second-order valence-electron chi connectivity index (χ2n) is 6.29. The number of aryl methyl sites for hydroxylation is 3. The maximum atomic E-state index is 12.3. The molecule has 6 heteroatoms. The molecule has 24 heavy (non-hydrogen) atoms. The summed E-state index contributed by atoms with van der Waals surface area (Å²) in [6.07, 6.45) is 1.91. The summed E-state index contributed by atoms with van der Waals surface area (Å²) in [6.45, 7) is 6.24. The minimum absolute atomic E-state index is 0.0630. The smallest absolute Gasteiger partial charge is 0.248 e. The van der Waals surface area contributed by atoms with E-state index in [0.717, 1.165) is 17.7 Å². The number of aromatic nitrogens is 1. The molecule has 0 spiro atoms. The first kappa shape index (κ1) is 16.6. The zero-order valence-electron chi connectivity index (χ0n) is 14.1. The van der Waals surface area contributed by atoms with E-state index in [1.165, 1.54) is 28.0 Å². The molecule has 1 fully saturated rings. The van der Waals surface area contributed by atoms with Crippen molar-refractivity contribution in [1.29, 1.82) is 0 Å². The molecular weight excluding hydrogens is 322 g/mol. The number of anilines is 1. The number of carbonyl (C=O) groups is 2. The monoisotopic (exact) mass is 343 g/mol. The fraction of sp³-hybridized carbons (Fsp3) is 0.389. The Bertz CT molecular complexity index is 798. The van der Waals surface area contributed by atoms with Gasteiger partial charge in [-0.25, -0.2) is 4.98 Å². The van der Waals surface area contributed by atoms with Gasteiger partial charge in [-0.2, -0.15) is 0 Å². The first-order valence-electron chi connectivity index (χ1n) is 8.08. The molecule has 2 aromatic rings. The van der Waals surface area contributed by atoms with E-state index in [-0.39, 0.29) is 11.8 Å². The van der Waals surface area contributed by atoms with Gasteiger partial charge in [-0.05, 0) is 56.4 Å². The molecule has 2 amide bonds. The van der Waals surface area contributed by atoms with Crippen molar-refractivity contribution >= 4 is 28.3 Å². The molecule has 0 unspecified atom stereocenters. The predicted molar refractivity (Wildman–Crippen MR) is 96.2 cm³/mol. The summed E-state index contributed by atoms with van der Waals surface area (Å²) < 4.78 is 0. The quantitative estimate of drug-likeness (QED) is 0.898. The Labute approximate surface area is 145 Å². The van der Waals surface area contributed by atoms with Gasteiger partial charge in [0.05, 0.1) is 5.69 Å². The van der Waals surface area contributed by atoms with Crippen LogP contribution in [0.1, 0.15) is 36.0 Å². The number of hydrogen-bond acceptors (Lipinski definition) is 4. The lowest BCUT2D eigenvalue weighted by Crippen LogP contribution is -2.46. The Kier molecular flexibility index (Phi) is 4.66. The highest BCUT2D eigenvalue weighted by Gasteiger charge is 2.25. The Morgan fingerprint density at radius 3 is 2.75 bits per heavy atom. The van der Waals surface area contributed by atoms with Crippen LogP contribution < -0.4 is 10.6 Å². The molecular formula is C18H21N3O2S. The minimum atomic E-state index is -0.457. The Morgan fingerprint density at radius 2 is 2.00 bits per heavy atom. The summed E-state index contributed by atoms with van der Waals surface area (Å²) >= 11 is 1.40. The molecule has 1 aliphatic heterocycles. The third-order valence-electron chi connectivity index (χ3n) is 4.40. The zero-order valence-corrected chi connectivity index (χ0v) is 14.9. The van der Waals surface area contributed by atoms with E-state index in [4.69, 9.17) is 0 Å². The lowest BCUT2D eigenvalue weighted by Gasteiger charge is -2.21. The Hall–Kier alpha value is -2.21. The third kappa shape index (κ3) is 3.48. The highest BCUT2D eigenvalue weighted by Crippen LogP contribution is 2.29. The summed E-state index contributed by atoms with van der Waals surface area (Å²) in [5, 5.41) is 8.06. The van der Waals surface area contributed by atoms with Crippen LogP contribution in [0.15, 0.2) is 17.5 Å². The first-order chi connectivity index (χ1) is 11.4. The van der Waals surface area contributed by atoms with E-state index in [0.29, 0.717) is 18.0 Å². The number of thiazole rings is 1. The molecule has 2 heterocycles. The highest BCUT2D eigenvalue weighted by atomic mass is 32.1. The van der Waals surface area contributed by atoms with Crippen LogP contribution in [-0.4, -0.2) is 22.8 Å². The maximum Gasteiger partial charge on any atom is 0.248 e. The van der Waals surface area contributed by atoms with Crippen LogP contribution in [0, 0.1) is 20.8 Å². The van der Waals surface area contributed by atoms with Crippen molar-refractivity contribution in [1.82, 2.24) is 10.3 Å². The molecule has 0 saturated carbocycles. The predicted octanol–water partition coefficient (Wildman–Crippen LogP) is 3.34. The van der Waals surface area contributed by atoms with Crippen LogP contribution in [0.4, 0.5) is 5.13 Å². The second kappa shape index (κ2) is 6.73. The first-order valence-corrected chi connectivity index (χ1v) is 8.96. The van der Waals surface area contributed by atoms with E-state index in [1.54, 1.807) is 0 Å². The molecule has 5 nitrogen and oxygen atoms in total. The van der Waals surface area contributed by atoms with Crippen molar-refractivity contribution in [2.24, 2.45) is 0 Å². The third-order valence-corrected chi connectivity index (χ3v) is 5.16. The summed E-state index contributed by atoms with van der Waals surface area (Å²) in [5.41, 5.74) is 5.59. The molecule has 3 rings (SSSR count). The van der Waals surface area contributed by atoms with E-state index in [2.05, 4.69) is 48.5 Å². The molecule has 0 radical (unpaired) electrons. The van der Waals surface area contributed by atoms with E-state index >= 15 is 0 Å². The van der Waals surface area contributed by atoms with Gasteiger partial charge in [-0.15, -0.1) is 11.3 Å². The van der Waals surface area contributed by atoms with Gasteiger partial charge in [0.25, 0.3) is 0 Å². The Balaban J connectivity index is 1.75. The van der Waals surface area contributed by atoms with Crippen LogP contribution in [0.25, 0.3) is 11.3 Å². The fourth-order valence-corrected chi connectivity index (χ4v) is 3.60. The molecule has 126 valence electrons. The fourth-order valence-electron chi connectivity index (χ4n) is 2.89. The van der Waals surface area contributed by atoms with Crippen molar-refractivity contribution in [2.75, 3.05) is 5.32 Å². The van der Waals surface area contributed by atoms with Gasteiger partial charge in [0.2, 0.25) is 11.8 Å². The summed E-state index contributed by atoms with van der Waals surface area (Å²) in [6, 6.07) is 3.83. The summed E-state index contributed by atoms with van der Waals surface area (Å²) in [7, 11) is 0. The molecule has 1 aromatic heterocycles. The largest absolute Gasteiger partial charge is 0.344 e. The number of piperidine rings is 1. The number of rotatable bonds is 3. The van der Waals surface area contributed by atoms with Gasteiger partial charge < -0.3 is 10.6 Å². The van der Waals surface area contributed by atoms with E-state index < -0.39 is 6.04 Å².